The molecule has 2 aromatic heterocycles. The van der Waals surface area contributed by atoms with Gasteiger partial charge in [0, 0.05) is 44.8 Å². The molecule has 4 heterocycles. The Morgan fingerprint density at radius 2 is 1.89 bits per heavy atom. The van der Waals surface area contributed by atoms with Crippen molar-refractivity contribution in [2.24, 2.45) is 0 Å². The maximum atomic E-state index is 12.9. The lowest BCUT2D eigenvalue weighted by atomic mass is 10.3. The second-order valence-corrected chi connectivity index (χ2v) is 6.71. The average molecular weight is 389 g/mol. The van der Waals surface area contributed by atoms with E-state index in [9.17, 15) is 9.59 Å². The number of aromatic nitrogens is 3. The van der Waals surface area contributed by atoms with E-state index in [1.807, 2.05) is 7.05 Å². The molecule has 0 N–H and O–H groups in total. The lowest BCUT2D eigenvalue weighted by molar-refractivity contribution is 0.0476. The molecule has 2 amide bonds. The number of carbonyl (C=O) groups excluding carboxylic acids is 2. The van der Waals surface area contributed by atoms with E-state index in [0.717, 1.165) is 13.1 Å². The van der Waals surface area contributed by atoms with Crippen LogP contribution in [0.4, 0.5) is 10.6 Å². The number of pyridine rings is 1. The Balaban J connectivity index is 1.66. The van der Waals surface area contributed by atoms with Gasteiger partial charge in [-0.2, -0.15) is 0 Å². The Morgan fingerprint density at radius 3 is 2.63 bits per heavy atom. The molecule has 2 aliphatic heterocycles. The van der Waals surface area contributed by atoms with Gasteiger partial charge in [0.1, 0.15) is 5.69 Å². The summed E-state index contributed by atoms with van der Waals surface area (Å²) >= 11 is 6.23. The quantitative estimate of drug-likeness (QED) is 0.771. The van der Waals surface area contributed by atoms with Crippen LogP contribution >= 0.6 is 11.6 Å². The summed E-state index contributed by atoms with van der Waals surface area (Å²) in [5.41, 5.74) is 0.391. The second-order valence-electron chi connectivity index (χ2n) is 6.30. The van der Waals surface area contributed by atoms with Crippen molar-refractivity contribution in [3.8, 4) is 0 Å². The van der Waals surface area contributed by atoms with Crippen molar-refractivity contribution < 1.29 is 14.3 Å². The molecule has 2 aromatic rings. The van der Waals surface area contributed by atoms with Gasteiger partial charge in [0.05, 0.1) is 5.02 Å². The van der Waals surface area contributed by atoms with Gasteiger partial charge in [-0.05, 0) is 19.2 Å². The first-order valence-electron chi connectivity index (χ1n) is 8.45. The summed E-state index contributed by atoms with van der Waals surface area (Å²) in [5, 5.41) is 0.263. The van der Waals surface area contributed by atoms with Crippen LogP contribution in [0.2, 0.25) is 5.02 Å². The van der Waals surface area contributed by atoms with Crippen molar-refractivity contribution in [2.45, 2.75) is 6.23 Å². The zero-order chi connectivity index (χ0) is 19.0. The number of ether oxygens (including phenoxy) is 1. The fraction of sp³-hybridized carbons (Fsp3) is 0.353. The molecule has 27 heavy (non-hydrogen) atoms. The summed E-state index contributed by atoms with van der Waals surface area (Å²) in [7, 11) is 1.99. The van der Waals surface area contributed by atoms with E-state index in [-0.39, 0.29) is 22.2 Å². The molecule has 1 saturated heterocycles. The molecule has 10 heteroatoms. The summed E-state index contributed by atoms with van der Waals surface area (Å²) < 4.78 is 5.68. The zero-order valence-corrected chi connectivity index (χ0v) is 15.3. The van der Waals surface area contributed by atoms with Gasteiger partial charge in [-0.3, -0.25) is 9.78 Å². The smallest absolute Gasteiger partial charge is 0.412 e. The summed E-state index contributed by atoms with van der Waals surface area (Å²) in [5.74, 6) is -0.268. The van der Waals surface area contributed by atoms with E-state index < -0.39 is 18.2 Å². The van der Waals surface area contributed by atoms with Crippen LogP contribution in [0.25, 0.3) is 0 Å². The molecule has 0 saturated carbocycles. The predicted octanol–water partition coefficient (Wildman–Crippen LogP) is 1.57. The molecule has 1 fully saturated rings. The number of nitrogens with zero attached hydrogens (tertiary/aromatic N) is 6. The van der Waals surface area contributed by atoms with Gasteiger partial charge in [0.2, 0.25) is 6.23 Å². The minimum absolute atomic E-state index is 0.121. The molecule has 1 unspecified atom stereocenters. The number of halogens is 1. The van der Waals surface area contributed by atoms with Crippen LogP contribution in [0.3, 0.4) is 0 Å². The Morgan fingerprint density at radius 1 is 1.15 bits per heavy atom. The molecular formula is C17H17ClN6O3. The normalized spacial score (nSPS) is 19.9. The first kappa shape index (κ1) is 17.6. The number of carbonyl (C=O) groups is 2. The van der Waals surface area contributed by atoms with Crippen molar-refractivity contribution in [1.29, 1.82) is 0 Å². The average Bonchev–Trinajstić information content (AvgIpc) is 2.95. The fourth-order valence-corrected chi connectivity index (χ4v) is 3.28. The van der Waals surface area contributed by atoms with Crippen molar-refractivity contribution in [3.63, 3.8) is 0 Å². The third-order valence-corrected chi connectivity index (χ3v) is 4.85. The first-order chi connectivity index (χ1) is 13.1. The number of amides is 2. The minimum atomic E-state index is -1.07. The maximum absolute atomic E-state index is 12.9. The van der Waals surface area contributed by atoms with E-state index >= 15 is 0 Å². The molecule has 0 aliphatic carbocycles. The van der Waals surface area contributed by atoms with Crippen LogP contribution in [-0.2, 0) is 4.74 Å². The number of fused-ring (bicyclic) bond motifs is 1. The number of piperazine rings is 1. The van der Waals surface area contributed by atoms with E-state index in [1.165, 1.54) is 23.5 Å². The van der Waals surface area contributed by atoms with Crippen LogP contribution in [0.1, 0.15) is 22.4 Å². The van der Waals surface area contributed by atoms with Crippen LogP contribution in [0.15, 0.2) is 30.7 Å². The Kier molecular flexibility index (Phi) is 4.63. The van der Waals surface area contributed by atoms with Crippen LogP contribution < -0.4 is 4.90 Å². The van der Waals surface area contributed by atoms with Gasteiger partial charge in [0.25, 0.3) is 5.91 Å². The fourth-order valence-electron chi connectivity index (χ4n) is 3.07. The lowest BCUT2D eigenvalue weighted by Gasteiger charge is -2.33. The molecule has 1 atom stereocenters. The molecule has 2 aliphatic rings. The highest BCUT2D eigenvalue weighted by Gasteiger charge is 2.45. The maximum Gasteiger partial charge on any atom is 0.412 e. The Labute approximate surface area is 160 Å². The molecule has 0 aromatic carbocycles. The van der Waals surface area contributed by atoms with E-state index in [0.29, 0.717) is 13.1 Å². The van der Waals surface area contributed by atoms with Crippen molar-refractivity contribution in [1.82, 2.24) is 24.8 Å². The summed E-state index contributed by atoms with van der Waals surface area (Å²) in [6.45, 7) is 2.61. The third-order valence-electron chi connectivity index (χ3n) is 4.56. The first-order valence-corrected chi connectivity index (χ1v) is 8.83. The summed E-state index contributed by atoms with van der Waals surface area (Å²) in [6.07, 6.45) is 2.79. The van der Waals surface area contributed by atoms with E-state index in [2.05, 4.69) is 19.9 Å². The van der Waals surface area contributed by atoms with Crippen molar-refractivity contribution in [3.05, 3.63) is 47.1 Å². The SMILES string of the molecule is CN1CCN(C(=O)OC2c3nccnc3C(=O)N2c2ncccc2Cl)CC1. The number of hydrogen-bond acceptors (Lipinski definition) is 7. The third kappa shape index (κ3) is 3.19. The highest BCUT2D eigenvalue weighted by atomic mass is 35.5. The molecule has 0 radical (unpaired) electrons. The predicted molar refractivity (Wildman–Crippen MR) is 96.4 cm³/mol. The number of rotatable bonds is 2. The molecule has 4 rings (SSSR count). The molecule has 0 spiro atoms. The zero-order valence-electron chi connectivity index (χ0n) is 14.6. The highest BCUT2D eigenvalue weighted by molar-refractivity contribution is 6.33. The van der Waals surface area contributed by atoms with Gasteiger partial charge >= 0.3 is 6.09 Å². The number of anilines is 1. The van der Waals surface area contributed by atoms with Crippen LogP contribution in [0, 0.1) is 0 Å². The molecular weight excluding hydrogens is 372 g/mol. The highest BCUT2D eigenvalue weighted by Crippen LogP contribution is 2.38. The topological polar surface area (TPSA) is 91.8 Å². The van der Waals surface area contributed by atoms with Crippen molar-refractivity contribution >= 4 is 29.4 Å². The van der Waals surface area contributed by atoms with Gasteiger partial charge in [-0.25, -0.2) is 19.7 Å². The van der Waals surface area contributed by atoms with Gasteiger partial charge in [-0.1, -0.05) is 11.6 Å². The molecule has 9 nitrogen and oxygen atoms in total. The van der Waals surface area contributed by atoms with Crippen LogP contribution in [-0.4, -0.2) is 70.0 Å². The largest absolute Gasteiger partial charge is 0.419 e. The van der Waals surface area contributed by atoms with E-state index in [1.54, 1.807) is 17.0 Å². The summed E-state index contributed by atoms with van der Waals surface area (Å²) in [6, 6.07) is 3.27. The van der Waals surface area contributed by atoms with Crippen molar-refractivity contribution in [2.75, 3.05) is 38.1 Å². The van der Waals surface area contributed by atoms with E-state index in [4.69, 9.17) is 16.3 Å². The standard InChI is InChI=1S/C17H17ClN6O3/c1-22-7-9-23(10-8-22)17(26)27-16-13-12(19-5-6-20-13)15(25)24(16)14-11(18)3-2-4-21-14/h2-6,16H,7-10H2,1H3. The minimum Gasteiger partial charge on any atom is -0.419 e. The molecule has 0 bridgehead atoms. The summed E-state index contributed by atoms with van der Waals surface area (Å²) in [4.78, 5) is 43.0. The Hall–Kier alpha value is -2.78. The van der Waals surface area contributed by atoms with Gasteiger partial charge < -0.3 is 14.5 Å². The van der Waals surface area contributed by atoms with Gasteiger partial charge in [0.15, 0.2) is 11.5 Å². The number of likely N-dealkylation sites (N-methyl/N-ethyl adjacent to an activating group) is 1. The Bertz CT molecular complexity index is 886. The molecule has 140 valence electrons. The second kappa shape index (κ2) is 7.09. The van der Waals surface area contributed by atoms with Crippen LogP contribution in [0.5, 0.6) is 0 Å². The number of hydrogen-bond donors (Lipinski definition) is 0. The monoisotopic (exact) mass is 388 g/mol. The van der Waals surface area contributed by atoms with Gasteiger partial charge in [-0.15, -0.1) is 0 Å². The lowest BCUT2D eigenvalue weighted by Crippen LogP contribution is -2.48.